The molecule has 0 bridgehead atoms. The maximum atomic E-state index is 13.4. The van der Waals surface area contributed by atoms with Crippen LogP contribution in [0, 0.1) is 0 Å². The van der Waals surface area contributed by atoms with Crippen LogP contribution in [0.2, 0.25) is 0 Å². The van der Waals surface area contributed by atoms with Crippen LogP contribution in [0.1, 0.15) is 284 Å². The molecule has 97 heavy (non-hydrogen) atoms. The van der Waals surface area contributed by atoms with Crippen LogP contribution in [-0.4, -0.2) is 193 Å². The molecule has 3 saturated heterocycles. The maximum Gasteiger partial charge on any atom is 0.220 e. The number of aliphatic hydroxyl groups is 11. The van der Waals surface area contributed by atoms with Crippen molar-refractivity contribution in [2.45, 2.75) is 388 Å². The van der Waals surface area contributed by atoms with Gasteiger partial charge in [0, 0.05) is 6.42 Å². The Hall–Kier alpha value is -2.77. The average molecular weight is 1380 g/mol. The number of rotatable bonds is 60. The molecular formula is C78H139NO18. The second-order valence-electron chi connectivity index (χ2n) is 27.4. The van der Waals surface area contributed by atoms with Gasteiger partial charge in [0.15, 0.2) is 18.9 Å². The fraction of sp³-hybridized carbons (Fsp3) is 0.833. The Kier molecular flexibility index (Phi) is 53.5. The summed E-state index contributed by atoms with van der Waals surface area (Å²) in [4.78, 5) is 13.4. The molecule has 12 N–H and O–H groups in total. The first kappa shape index (κ1) is 88.4. The van der Waals surface area contributed by atoms with Crippen LogP contribution >= 0.6 is 0 Å². The molecule has 1 amide bonds. The van der Waals surface area contributed by atoms with Gasteiger partial charge in [-0.25, -0.2) is 0 Å². The minimum absolute atomic E-state index is 0.237. The first-order valence-electron chi connectivity index (χ1n) is 38.7. The van der Waals surface area contributed by atoms with Crippen LogP contribution < -0.4 is 5.32 Å². The lowest BCUT2D eigenvalue weighted by atomic mass is 9.96. The average Bonchev–Trinajstić information content (AvgIpc) is 0.789. The summed E-state index contributed by atoms with van der Waals surface area (Å²) in [5, 5.41) is 121. The van der Waals surface area contributed by atoms with Gasteiger partial charge in [-0.15, -0.1) is 0 Å². The summed E-state index contributed by atoms with van der Waals surface area (Å²) in [6.45, 7) is 1.61. The Bertz CT molecular complexity index is 2040. The molecule has 3 fully saturated rings. The van der Waals surface area contributed by atoms with Crippen molar-refractivity contribution in [1.29, 1.82) is 0 Å². The third kappa shape index (κ3) is 39.5. The first-order valence-corrected chi connectivity index (χ1v) is 38.7. The van der Waals surface area contributed by atoms with E-state index in [1.807, 2.05) is 6.08 Å². The van der Waals surface area contributed by atoms with Crippen molar-refractivity contribution in [3.8, 4) is 0 Å². The minimum Gasteiger partial charge on any atom is -0.394 e. The predicted octanol–water partition coefficient (Wildman–Crippen LogP) is 12.1. The van der Waals surface area contributed by atoms with Gasteiger partial charge >= 0.3 is 0 Å². The summed E-state index contributed by atoms with van der Waals surface area (Å²) in [7, 11) is 0. The molecule has 0 saturated carbocycles. The topological polar surface area (TPSA) is 307 Å². The molecule has 0 spiro atoms. The third-order valence-electron chi connectivity index (χ3n) is 19.0. The van der Waals surface area contributed by atoms with E-state index in [0.29, 0.717) is 12.8 Å². The van der Waals surface area contributed by atoms with E-state index in [-0.39, 0.29) is 18.9 Å². The van der Waals surface area contributed by atoms with Crippen LogP contribution in [0.15, 0.2) is 72.9 Å². The minimum atomic E-state index is -1.98. The van der Waals surface area contributed by atoms with E-state index in [2.05, 4.69) is 79.9 Å². The Morgan fingerprint density at radius 2 is 0.722 bits per heavy atom. The predicted molar refractivity (Wildman–Crippen MR) is 383 cm³/mol. The monoisotopic (exact) mass is 1380 g/mol. The van der Waals surface area contributed by atoms with Gasteiger partial charge in [-0.05, 0) is 70.6 Å². The van der Waals surface area contributed by atoms with E-state index in [1.54, 1.807) is 6.08 Å². The lowest BCUT2D eigenvalue weighted by Gasteiger charge is -2.48. The van der Waals surface area contributed by atoms with Gasteiger partial charge < -0.3 is 89.9 Å². The number of hydrogen-bond donors (Lipinski definition) is 12. The molecule has 3 aliphatic heterocycles. The van der Waals surface area contributed by atoms with Crippen molar-refractivity contribution in [3.05, 3.63) is 72.9 Å². The van der Waals surface area contributed by atoms with Crippen molar-refractivity contribution in [2.75, 3.05) is 26.4 Å². The molecule has 0 aromatic rings. The van der Waals surface area contributed by atoms with Crippen molar-refractivity contribution in [3.63, 3.8) is 0 Å². The molecule has 19 heteroatoms. The van der Waals surface area contributed by atoms with Gasteiger partial charge in [-0.3, -0.25) is 4.79 Å². The maximum absolute atomic E-state index is 13.4. The summed E-state index contributed by atoms with van der Waals surface area (Å²) in [5.41, 5.74) is 0. The summed E-state index contributed by atoms with van der Waals surface area (Å²) in [6, 6.07) is -0.990. The van der Waals surface area contributed by atoms with E-state index in [4.69, 9.17) is 28.4 Å². The van der Waals surface area contributed by atoms with Crippen LogP contribution in [0.25, 0.3) is 0 Å². The molecule has 19 nitrogen and oxygen atoms in total. The van der Waals surface area contributed by atoms with Crippen molar-refractivity contribution >= 4 is 5.91 Å². The Morgan fingerprint density at radius 3 is 1.15 bits per heavy atom. The van der Waals surface area contributed by atoms with Crippen LogP contribution in [0.4, 0.5) is 0 Å². The number of carbonyl (C=O) groups is 1. The van der Waals surface area contributed by atoms with Crippen LogP contribution in [-0.2, 0) is 33.2 Å². The summed E-state index contributed by atoms with van der Waals surface area (Å²) in [6.07, 6.45) is 49.1. The van der Waals surface area contributed by atoms with Gasteiger partial charge in [0.2, 0.25) is 5.91 Å². The number of nitrogens with one attached hydrogen (secondary N) is 1. The molecule has 0 aliphatic carbocycles. The van der Waals surface area contributed by atoms with Gasteiger partial charge in [0.25, 0.3) is 0 Å². The lowest BCUT2D eigenvalue weighted by Crippen LogP contribution is -2.66. The molecule has 0 aromatic heterocycles. The fourth-order valence-corrected chi connectivity index (χ4v) is 12.8. The van der Waals surface area contributed by atoms with Gasteiger partial charge in [0.05, 0.1) is 38.6 Å². The highest BCUT2D eigenvalue weighted by atomic mass is 16.8. The zero-order chi connectivity index (χ0) is 70.4. The number of carbonyl (C=O) groups excluding carboxylic acids is 1. The van der Waals surface area contributed by atoms with Crippen molar-refractivity contribution in [1.82, 2.24) is 5.32 Å². The second kappa shape index (κ2) is 58.7. The molecule has 0 radical (unpaired) electrons. The molecule has 3 heterocycles. The molecule has 3 aliphatic rings. The van der Waals surface area contributed by atoms with E-state index >= 15 is 0 Å². The smallest absolute Gasteiger partial charge is 0.220 e. The summed E-state index contributed by atoms with van der Waals surface area (Å²) >= 11 is 0. The second-order valence-corrected chi connectivity index (χ2v) is 27.4. The molecule has 17 unspecified atom stereocenters. The van der Waals surface area contributed by atoms with Gasteiger partial charge in [-0.2, -0.15) is 0 Å². The van der Waals surface area contributed by atoms with Gasteiger partial charge in [-0.1, -0.05) is 279 Å². The molecule has 17 atom stereocenters. The molecule has 0 aromatic carbocycles. The quantitative estimate of drug-likeness (QED) is 0.0199. The van der Waals surface area contributed by atoms with Crippen molar-refractivity contribution in [2.24, 2.45) is 0 Å². The largest absolute Gasteiger partial charge is 0.394 e. The molecule has 3 rings (SSSR count). The number of hydrogen-bond acceptors (Lipinski definition) is 18. The lowest BCUT2D eigenvalue weighted by molar-refractivity contribution is -0.379. The van der Waals surface area contributed by atoms with Crippen LogP contribution in [0.5, 0.6) is 0 Å². The fourth-order valence-electron chi connectivity index (χ4n) is 12.8. The Balaban J connectivity index is 1.32. The van der Waals surface area contributed by atoms with E-state index in [0.717, 1.165) is 64.2 Å². The van der Waals surface area contributed by atoms with Crippen molar-refractivity contribution < 1.29 is 89.4 Å². The number of ether oxygens (including phenoxy) is 6. The number of aliphatic hydroxyl groups excluding tert-OH is 11. The number of amides is 1. The number of unbranched alkanes of at least 4 members (excludes halogenated alkanes) is 34. The van der Waals surface area contributed by atoms with E-state index in [9.17, 15) is 61.0 Å². The van der Waals surface area contributed by atoms with Gasteiger partial charge in [0.1, 0.15) is 73.2 Å². The van der Waals surface area contributed by atoms with Crippen LogP contribution in [0.3, 0.4) is 0 Å². The van der Waals surface area contributed by atoms with E-state index in [1.165, 1.54) is 186 Å². The molecule has 564 valence electrons. The summed E-state index contributed by atoms with van der Waals surface area (Å²) in [5.74, 6) is -0.283. The van der Waals surface area contributed by atoms with E-state index < -0.39 is 124 Å². The first-order chi connectivity index (χ1) is 47.3. The molecular weight excluding hydrogens is 1240 g/mol. The Labute approximate surface area is 585 Å². The highest BCUT2D eigenvalue weighted by molar-refractivity contribution is 5.76. The highest BCUT2D eigenvalue weighted by Crippen LogP contribution is 2.33. The Morgan fingerprint density at radius 1 is 0.381 bits per heavy atom. The summed E-state index contributed by atoms with van der Waals surface area (Å²) < 4.78 is 34.4. The zero-order valence-corrected chi connectivity index (χ0v) is 60.0. The normalized spacial score (nSPS) is 27.3. The number of allylic oxidation sites excluding steroid dienone is 11. The standard InChI is InChI=1S/C78H139NO18/c1-3-5-7-9-11-13-15-17-19-20-21-22-23-24-25-26-27-28-29-30-31-32-33-34-35-36-37-38-39-40-42-44-46-48-50-52-54-56-66(84)79-61(62(83)55-53-51-49-47-45-43-41-18-16-14-12-10-8-6-4-2)60-92-76-72(90)69(87)74(64(58-81)94-76)97-78-73(91)70(88)75(65(59-82)95-78)96-77-71(89)68(86)67(85)63(57-80)93-77/h5,7,11,13,17,19,21-22,45,47,53,55,61-65,67-78,80-83,85-91H,3-4,6,8-10,12,14-16,18,20,23-44,46,48-52,54,56-60H2,1-2H3,(H,79,84)/b7-5-,13-11-,19-17-,22-21-,47-45+,55-53+. The zero-order valence-electron chi connectivity index (χ0n) is 60.0. The SMILES string of the molecule is CC/C=C\C/C=C\C/C=C\C/C=C\CCCCCCCCCCCCCCCCCCCCCCCCCCC(=O)NC(COC1OC(CO)C(OC2OC(CO)C(OC3OC(CO)C(O)C(O)C3O)C(O)C2O)C(O)C1O)C(O)/C=C/CC/C=C/CCCCCCCCCCC. The third-order valence-corrected chi connectivity index (χ3v) is 19.0. The highest BCUT2D eigenvalue weighted by Gasteiger charge is 2.53.